The maximum absolute atomic E-state index is 11.9. The molecule has 0 fully saturated rings. The van der Waals surface area contributed by atoms with Crippen molar-refractivity contribution >= 4 is 21.6 Å². The third-order valence-electron chi connectivity index (χ3n) is 2.86. The van der Waals surface area contributed by atoms with E-state index in [2.05, 4.69) is 31.3 Å². The number of anilines is 1. The number of aryl methyl sites for hydroxylation is 1. The van der Waals surface area contributed by atoms with E-state index in [0.717, 1.165) is 11.3 Å². The summed E-state index contributed by atoms with van der Waals surface area (Å²) >= 11 is 3.26. The summed E-state index contributed by atoms with van der Waals surface area (Å²) in [6, 6.07) is 3.86. The molecule has 2 N–H and O–H groups in total. The highest BCUT2D eigenvalue weighted by Gasteiger charge is 2.09. The summed E-state index contributed by atoms with van der Waals surface area (Å²) in [5.74, 6) is 0. The summed E-state index contributed by atoms with van der Waals surface area (Å²) in [6.45, 7) is 2.54. The van der Waals surface area contributed by atoms with Crippen molar-refractivity contribution in [3.8, 4) is 0 Å². The second kappa shape index (κ2) is 6.62. The van der Waals surface area contributed by atoms with E-state index in [-0.39, 0.29) is 18.7 Å². The van der Waals surface area contributed by atoms with Crippen LogP contribution in [0.4, 0.5) is 5.69 Å². The van der Waals surface area contributed by atoms with Crippen molar-refractivity contribution < 1.29 is 5.11 Å². The van der Waals surface area contributed by atoms with Crippen molar-refractivity contribution in [3.05, 3.63) is 50.6 Å². The summed E-state index contributed by atoms with van der Waals surface area (Å²) < 4.78 is 1.61. The number of aliphatic hydroxyl groups excluding tert-OH is 1. The minimum atomic E-state index is -0.276. The molecular weight excluding hydrogens is 324 g/mol. The summed E-state index contributed by atoms with van der Waals surface area (Å²) in [6.07, 6.45) is 3.29. The van der Waals surface area contributed by atoms with Gasteiger partial charge in [0.15, 0.2) is 0 Å². The van der Waals surface area contributed by atoms with Crippen LogP contribution in [0.25, 0.3) is 0 Å². The molecule has 0 aliphatic rings. The number of pyridine rings is 1. The molecule has 0 bridgehead atoms. The Hall–Kier alpha value is -1.73. The van der Waals surface area contributed by atoms with Gasteiger partial charge in [-0.1, -0.05) is 6.07 Å². The monoisotopic (exact) mass is 338 g/mol. The molecule has 2 aromatic heterocycles. The third-order valence-corrected chi connectivity index (χ3v) is 3.63. The van der Waals surface area contributed by atoms with E-state index in [0.29, 0.717) is 16.7 Å². The van der Waals surface area contributed by atoms with Crippen molar-refractivity contribution in [2.45, 2.75) is 20.0 Å². The Labute approximate surface area is 124 Å². The van der Waals surface area contributed by atoms with Gasteiger partial charge >= 0.3 is 0 Å². The van der Waals surface area contributed by atoms with Gasteiger partial charge in [-0.3, -0.25) is 9.78 Å². The number of aliphatic hydroxyl groups is 1. The van der Waals surface area contributed by atoms with E-state index < -0.39 is 0 Å². The molecule has 0 saturated carbocycles. The zero-order valence-electron chi connectivity index (χ0n) is 11.0. The number of nitrogens with one attached hydrogen (secondary N) is 1. The van der Waals surface area contributed by atoms with Crippen molar-refractivity contribution in [2.24, 2.45) is 0 Å². The molecule has 0 spiro atoms. The summed E-state index contributed by atoms with van der Waals surface area (Å²) in [4.78, 5) is 16.2. The SMILES string of the molecule is Cc1cccnc1CNc1cnn(CCO)c(=O)c1Br. The lowest BCUT2D eigenvalue weighted by Crippen LogP contribution is -2.25. The number of aromatic nitrogens is 3. The van der Waals surface area contributed by atoms with Gasteiger partial charge in [0.25, 0.3) is 5.56 Å². The van der Waals surface area contributed by atoms with Crippen LogP contribution in [0.5, 0.6) is 0 Å². The van der Waals surface area contributed by atoms with Crippen LogP contribution in [-0.2, 0) is 13.1 Å². The largest absolute Gasteiger partial charge is 0.394 e. The standard InChI is InChI=1S/C13H15BrN4O2/c1-9-3-2-4-15-10(9)7-16-11-8-17-18(5-6-19)13(20)12(11)14/h2-4,8,16,19H,5-7H2,1H3. The molecule has 0 aromatic carbocycles. The van der Waals surface area contributed by atoms with Crippen LogP contribution in [0.15, 0.2) is 33.8 Å². The highest BCUT2D eigenvalue weighted by Crippen LogP contribution is 2.17. The lowest BCUT2D eigenvalue weighted by atomic mass is 10.2. The fourth-order valence-electron chi connectivity index (χ4n) is 1.72. The molecular formula is C13H15BrN4O2. The number of hydrogen-bond donors (Lipinski definition) is 2. The van der Waals surface area contributed by atoms with E-state index >= 15 is 0 Å². The fourth-order valence-corrected chi connectivity index (χ4v) is 2.17. The van der Waals surface area contributed by atoms with Gasteiger partial charge in [-0.25, -0.2) is 4.68 Å². The molecule has 2 rings (SSSR count). The number of rotatable bonds is 5. The first kappa shape index (κ1) is 14.7. The van der Waals surface area contributed by atoms with Gasteiger partial charge in [0.1, 0.15) is 4.47 Å². The first-order valence-corrected chi connectivity index (χ1v) is 6.93. The molecule has 0 atom stereocenters. The first-order chi connectivity index (χ1) is 9.63. The molecule has 0 amide bonds. The Morgan fingerprint density at radius 3 is 3.00 bits per heavy atom. The molecule has 0 aliphatic carbocycles. The van der Waals surface area contributed by atoms with Gasteiger partial charge in [0, 0.05) is 6.20 Å². The Morgan fingerprint density at radius 2 is 2.30 bits per heavy atom. The third kappa shape index (κ3) is 3.23. The molecule has 7 heteroatoms. The Morgan fingerprint density at radius 1 is 1.50 bits per heavy atom. The second-order valence-electron chi connectivity index (χ2n) is 4.24. The minimum absolute atomic E-state index is 0.126. The van der Waals surface area contributed by atoms with Gasteiger partial charge in [0.2, 0.25) is 0 Å². The molecule has 2 heterocycles. The van der Waals surface area contributed by atoms with Crippen molar-refractivity contribution in [1.29, 1.82) is 0 Å². The van der Waals surface area contributed by atoms with E-state index in [1.54, 1.807) is 12.4 Å². The van der Waals surface area contributed by atoms with Crippen LogP contribution in [0.1, 0.15) is 11.3 Å². The Balaban J connectivity index is 2.17. The molecule has 0 aliphatic heterocycles. The van der Waals surface area contributed by atoms with E-state index in [1.165, 1.54) is 4.68 Å². The van der Waals surface area contributed by atoms with Crippen LogP contribution < -0.4 is 10.9 Å². The molecule has 2 aromatic rings. The summed E-state index contributed by atoms with van der Waals surface area (Å²) in [5, 5.41) is 16.0. The number of nitrogens with zero attached hydrogens (tertiary/aromatic N) is 3. The van der Waals surface area contributed by atoms with Gasteiger partial charge in [-0.15, -0.1) is 0 Å². The van der Waals surface area contributed by atoms with Crippen LogP contribution in [0.3, 0.4) is 0 Å². The topological polar surface area (TPSA) is 80.0 Å². The van der Waals surface area contributed by atoms with Crippen LogP contribution in [-0.4, -0.2) is 26.5 Å². The Kier molecular flexibility index (Phi) is 4.86. The highest BCUT2D eigenvalue weighted by atomic mass is 79.9. The highest BCUT2D eigenvalue weighted by molar-refractivity contribution is 9.10. The predicted molar refractivity (Wildman–Crippen MR) is 79.6 cm³/mol. The van der Waals surface area contributed by atoms with Crippen LogP contribution in [0, 0.1) is 6.92 Å². The zero-order chi connectivity index (χ0) is 14.5. The maximum atomic E-state index is 11.9. The fraction of sp³-hybridized carbons (Fsp3) is 0.308. The van der Waals surface area contributed by atoms with E-state index in [9.17, 15) is 4.79 Å². The maximum Gasteiger partial charge on any atom is 0.283 e. The molecule has 0 unspecified atom stereocenters. The van der Waals surface area contributed by atoms with Crippen molar-refractivity contribution in [1.82, 2.24) is 14.8 Å². The first-order valence-electron chi connectivity index (χ1n) is 6.14. The van der Waals surface area contributed by atoms with Gasteiger partial charge < -0.3 is 10.4 Å². The molecule has 106 valence electrons. The number of hydrogen-bond acceptors (Lipinski definition) is 5. The van der Waals surface area contributed by atoms with E-state index in [4.69, 9.17) is 5.11 Å². The molecule has 0 saturated heterocycles. The van der Waals surface area contributed by atoms with Crippen molar-refractivity contribution in [3.63, 3.8) is 0 Å². The average molecular weight is 339 g/mol. The van der Waals surface area contributed by atoms with Crippen LogP contribution >= 0.6 is 15.9 Å². The Bertz CT molecular complexity index is 657. The number of halogens is 1. The minimum Gasteiger partial charge on any atom is -0.394 e. The van der Waals surface area contributed by atoms with E-state index in [1.807, 2.05) is 19.1 Å². The molecule has 0 radical (unpaired) electrons. The van der Waals surface area contributed by atoms with Gasteiger partial charge in [0.05, 0.1) is 37.3 Å². The average Bonchev–Trinajstić information content (AvgIpc) is 2.45. The summed E-state index contributed by atoms with van der Waals surface area (Å²) in [5.41, 5.74) is 2.33. The normalized spacial score (nSPS) is 10.6. The molecule has 20 heavy (non-hydrogen) atoms. The lowest BCUT2D eigenvalue weighted by molar-refractivity contribution is 0.266. The molecule has 6 nitrogen and oxygen atoms in total. The quantitative estimate of drug-likeness (QED) is 0.859. The second-order valence-corrected chi connectivity index (χ2v) is 5.04. The van der Waals surface area contributed by atoms with Crippen LogP contribution in [0.2, 0.25) is 0 Å². The lowest BCUT2D eigenvalue weighted by Gasteiger charge is -2.10. The predicted octanol–water partition coefficient (Wildman–Crippen LogP) is 1.31. The van der Waals surface area contributed by atoms with Gasteiger partial charge in [-0.05, 0) is 34.5 Å². The smallest absolute Gasteiger partial charge is 0.283 e. The summed E-state index contributed by atoms with van der Waals surface area (Å²) in [7, 11) is 0. The van der Waals surface area contributed by atoms with Crippen molar-refractivity contribution in [2.75, 3.05) is 11.9 Å². The van der Waals surface area contributed by atoms with Gasteiger partial charge in [-0.2, -0.15) is 5.10 Å². The zero-order valence-corrected chi connectivity index (χ0v) is 12.6.